The average molecular weight is 276 g/mol. The lowest BCUT2D eigenvalue weighted by atomic mass is 9.77. The van der Waals surface area contributed by atoms with Gasteiger partial charge in [0.1, 0.15) is 0 Å². The summed E-state index contributed by atoms with van der Waals surface area (Å²) in [5, 5.41) is 4.51. The van der Waals surface area contributed by atoms with E-state index in [0.717, 1.165) is 17.7 Å². The molecule has 2 N–H and O–H groups in total. The molecule has 2 fully saturated rings. The van der Waals surface area contributed by atoms with Crippen molar-refractivity contribution in [3.8, 4) is 0 Å². The molecule has 2 heterocycles. The van der Waals surface area contributed by atoms with E-state index in [9.17, 15) is 0 Å². The second-order valence-corrected chi connectivity index (χ2v) is 6.59. The molecular formula is C16H28N4. The number of nitrogens with two attached hydrogens (primary N) is 1. The summed E-state index contributed by atoms with van der Waals surface area (Å²) < 4.78 is 1.93. The van der Waals surface area contributed by atoms with Crippen LogP contribution in [0, 0.1) is 12.8 Å². The van der Waals surface area contributed by atoms with Crippen LogP contribution in [0.3, 0.4) is 0 Å². The molecule has 3 atom stereocenters. The van der Waals surface area contributed by atoms with Crippen molar-refractivity contribution in [3.63, 3.8) is 0 Å². The predicted molar refractivity (Wildman–Crippen MR) is 81.4 cm³/mol. The summed E-state index contributed by atoms with van der Waals surface area (Å²) in [5.41, 5.74) is 8.63. The number of rotatable bonds is 3. The zero-order valence-electron chi connectivity index (χ0n) is 12.9. The van der Waals surface area contributed by atoms with Crippen LogP contribution in [0.15, 0.2) is 6.20 Å². The maximum Gasteiger partial charge on any atom is 0.0641 e. The Morgan fingerprint density at radius 1 is 1.30 bits per heavy atom. The van der Waals surface area contributed by atoms with E-state index in [1.807, 2.05) is 11.7 Å². The number of piperidine rings is 1. The van der Waals surface area contributed by atoms with Crippen molar-refractivity contribution in [2.45, 2.75) is 57.5 Å². The van der Waals surface area contributed by atoms with E-state index in [1.165, 1.54) is 50.6 Å². The quantitative estimate of drug-likeness (QED) is 0.922. The topological polar surface area (TPSA) is 47.1 Å². The van der Waals surface area contributed by atoms with Crippen LogP contribution in [-0.4, -0.2) is 33.8 Å². The van der Waals surface area contributed by atoms with E-state index in [-0.39, 0.29) is 0 Å². The highest BCUT2D eigenvalue weighted by atomic mass is 15.3. The van der Waals surface area contributed by atoms with Crippen LogP contribution >= 0.6 is 0 Å². The third kappa shape index (κ3) is 2.51. The Morgan fingerprint density at radius 3 is 2.75 bits per heavy atom. The molecule has 4 nitrogen and oxygen atoms in total. The minimum absolute atomic E-state index is 0.356. The van der Waals surface area contributed by atoms with Gasteiger partial charge in [0.15, 0.2) is 0 Å². The van der Waals surface area contributed by atoms with Crippen LogP contribution in [-0.2, 0) is 7.05 Å². The van der Waals surface area contributed by atoms with Gasteiger partial charge in [-0.3, -0.25) is 9.58 Å². The van der Waals surface area contributed by atoms with Crippen molar-refractivity contribution < 1.29 is 0 Å². The predicted octanol–water partition coefficient (Wildman–Crippen LogP) is 2.38. The maximum atomic E-state index is 6.16. The summed E-state index contributed by atoms with van der Waals surface area (Å²) in [6, 6.07) is 1.11. The van der Waals surface area contributed by atoms with Crippen LogP contribution in [0.4, 0.5) is 0 Å². The van der Waals surface area contributed by atoms with Gasteiger partial charge in [0.05, 0.1) is 11.7 Å². The number of hydrogen-bond donors (Lipinski definition) is 1. The van der Waals surface area contributed by atoms with Gasteiger partial charge >= 0.3 is 0 Å². The first kappa shape index (κ1) is 14.1. The molecule has 1 aliphatic heterocycles. The zero-order chi connectivity index (χ0) is 14.1. The summed E-state index contributed by atoms with van der Waals surface area (Å²) in [6.07, 6.45) is 10.5. The van der Waals surface area contributed by atoms with Crippen LogP contribution in [0.1, 0.15) is 55.8 Å². The summed E-state index contributed by atoms with van der Waals surface area (Å²) in [5.74, 6) is 0.906. The van der Waals surface area contributed by atoms with Crippen LogP contribution in [0.5, 0.6) is 0 Å². The molecule has 1 saturated carbocycles. The van der Waals surface area contributed by atoms with Crippen LogP contribution < -0.4 is 5.73 Å². The second-order valence-electron chi connectivity index (χ2n) is 6.59. The van der Waals surface area contributed by atoms with Gasteiger partial charge in [-0.25, -0.2) is 0 Å². The highest BCUT2D eigenvalue weighted by Gasteiger charge is 2.37. The van der Waals surface area contributed by atoms with Gasteiger partial charge in [0, 0.05) is 31.4 Å². The maximum absolute atomic E-state index is 6.16. The number of aryl methyl sites for hydroxylation is 2. The molecule has 0 amide bonds. The summed E-state index contributed by atoms with van der Waals surface area (Å²) >= 11 is 0. The molecule has 0 spiro atoms. The van der Waals surface area contributed by atoms with Gasteiger partial charge < -0.3 is 5.73 Å². The fraction of sp³-hybridized carbons (Fsp3) is 0.812. The Balaban J connectivity index is 1.86. The van der Waals surface area contributed by atoms with Gasteiger partial charge in [0.25, 0.3) is 0 Å². The summed E-state index contributed by atoms with van der Waals surface area (Å²) in [4.78, 5) is 2.71. The number of nitrogens with zero attached hydrogens (tertiary/aromatic N) is 3. The molecule has 1 aromatic rings. The monoisotopic (exact) mass is 276 g/mol. The molecule has 1 aromatic heterocycles. The molecule has 0 aromatic carbocycles. The Morgan fingerprint density at radius 2 is 2.05 bits per heavy atom. The van der Waals surface area contributed by atoms with E-state index in [2.05, 4.69) is 23.1 Å². The minimum atomic E-state index is 0.356. The number of hydrogen-bond acceptors (Lipinski definition) is 3. The minimum Gasteiger partial charge on any atom is -0.329 e. The van der Waals surface area contributed by atoms with Gasteiger partial charge in [-0.05, 0) is 45.1 Å². The van der Waals surface area contributed by atoms with Crippen molar-refractivity contribution in [2.24, 2.45) is 18.7 Å². The van der Waals surface area contributed by atoms with E-state index in [4.69, 9.17) is 5.73 Å². The van der Waals surface area contributed by atoms with Gasteiger partial charge in [0.2, 0.25) is 0 Å². The number of fused-ring (bicyclic) bond motifs is 1. The van der Waals surface area contributed by atoms with E-state index in [0.29, 0.717) is 12.6 Å². The smallest absolute Gasteiger partial charge is 0.0641 e. The molecule has 0 bridgehead atoms. The normalized spacial score (nSPS) is 29.1. The Kier molecular flexibility index (Phi) is 4.13. The van der Waals surface area contributed by atoms with Crippen LogP contribution in [0.2, 0.25) is 0 Å². The van der Waals surface area contributed by atoms with E-state index in [1.54, 1.807) is 0 Å². The lowest BCUT2D eigenvalue weighted by Crippen LogP contribution is -2.50. The van der Waals surface area contributed by atoms with Crippen molar-refractivity contribution >= 4 is 0 Å². The number of likely N-dealkylation sites (tertiary alicyclic amines) is 1. The van der Waals surface area contributed by atoms with Crippen LogP contribution in [0.25, 0.3) is 0 Å². The SMILES string of the molecule is Cc1nn(C)cc1C(CN)N1CCC[C@H]2CCCC[C@H]21. The first-order chi connectivity index (χ1) is 9.70. The van der Waals surface area contributed by atoms with Gasteiger partial charge in [-0.1, -0.05) is 12.8 Å². The first-order valence-corrected chi connectivity index (χ1v) is 8.16. The van der Waals surface area contributed by atoms with Crippen molar-refractivity contribution in [1.29, 1.82) is 0 Å². The summed E-state index contributed by atoms with van der Waals surface area (Å²) in [6.45, 7) is 4.02. The lowest BCUT2D eigenvalue weighted by molar-refractivity contribution is 0.0274. The molecule has 2 aliphatic rings. The largest absolute Gasteiger partial charge is 0.329 e. The Labute approximate surface area is 122 Å². The molecule has 112 valence electrons. The molecule has 1 saturated heterocycles. The highest BCUT2D eigenvalue weighted by Crippen LogP contribution is 2.39. The first-order valence-electron chi connectivity index (χ1n) is 8.16. The molecule has 3 rings (SSSR count). The molecule has 1 aliphatic carbocycles. The molecule has 0 radical (unpaired) electrons. The fourth-order valence-electron chi connectivity index (χ4n) is 4.44. The van der Waals surface area contributed by atoms with E-state index >= 15 is 0 Å². The highest BCUT2D eigenvalue weighted by molar-refractivity contribution is 5.21. The van der Waals surface area contributed by atoms with E-state index < -0.39 is 0 Å². The van der Waals surface area contributed by atoms with Crippen molar-refractivity contribution in [2.75, 3.05) is 13.1 Å². The lowest BCUT2D eigenvalue weighted by Gasteiger charge is -2.47. The molecule has 4 heteroatoms. The number of aromatic nitrogens is 2. The van der Waals surface area contributed by atoms with Crippen molar-refractivity contribution in [3.05, 3.63) is 17.5 Å². The zero-order valence-corrected chi connectivity index (χ0v) is 12.9. The third-order valence-electron chi connectivity index (χ3n) is 5.32. The van der Waals surface area contributed by atoms with Gasteiger partial charge in [-0.2, -0.15) is 5.10 Å². The fourth-order valence-corrected chi connectivity index (χ4v) is 4.44. The Bertz CT molecular complexity index is 451. The standard InChI is InChI=1S/C16H28N4/c1-12-14(11-19(2)18-12)16(10-17)20-9-5-7-13-6-3-4-8-15(13)20/h11,13,15-16H,3-10,17H2,1-2H3/t13-,15-,16?/m1/s1. The third-order valence-corrected chi connectivity index (χ3v) is 5.32. The molecule has 20 heavy (non-hydrogen) atoms. The van der Waals surface area contributed by atoms with Gasteiger partial charge in [-0.15, -0.1) is 0 Å². The Hall–Kier alpha value is -0.870. The molecular weight excluding hydrogens is 248 g/mol. The average Bonchev–Trinajstić information content (AvgIpc) is 2.79. The molecule has 1 unspecified atom stereocenters. The second kappa shape index (κ2) is 5.86. The van der Waals surface area contributed by atoms with Crippen molar-refractivity contribution in [1.82, 2.24) is 14.7 Å². The summed E-state index contributed by atoms with van der Waals surface area (Å²) in [7, 11) is 2.00.